The van der Waals surface area contributed by atoms with Crippen LogP contribution in [0.4, 0.5) is 0 Å². The number of carboxylic acid groups (broad SMARTS) is 1. The number of carbonyl (C=O) groups excluding carboxylic acids is 1. The Hall–Kier alpha value is -0.970. The van der Waals surface area contributed by atoms with Crippen molar-refractivity contribution in [1.29, 1.82) is 0 Å². The highest BCUT2D eigenvalue weighted by Gasteiger charge is 2.17. The Bertz CT molecular complexity index is 228. The molecule has 14 heavy (non-hydrogen) atoms. The van der Waals surface area contributed by atoms with Crippen molar-refractivity contribution in [3.05, 3.63) is 12.2 Å². The number of aliphatic carboxylic acids is 1. The molecule has 0 aromatic carbocycles. The van der Waals surface area contributed by atoms with Crippen molar-refractivity contribution in [3.8, 4) is 0 Å². The standard InChI is InChI=1S/C9H15NO3S/c1-3-4-5-14-6-8(9(12)13)10-7(2)11/h3-4,8H,5-6H2,1-2H3,(H,10,11)(H,12,13)/b4-3+. The average Bonchev–Trinajstić information content (AvgIpc) is 2.09. The maximum absolute atomic E-state index is 10.7. The van der Waals surface area contributed by atoms with E-state index in [4.69, 9.17) is 5.11 Å². The molecule has 0 aliphatic rings. The zero-order valence-electron chi connectivity index (χ0n) is 8.32. The summed E-state index contributed by atoms with van der Waals surface area (Å²) >= 11 is 1.47. The SMILES string of the molecule is C/C=C/CSCC(NC(C)=O)C(=O)O. The lowest BCUT2D eigenvalue weighted by Gasteiger charge is -2.11. The van der Waals surface area contributed by atoms with Crippen molar-refractivity contribution >= 4 is 23.6 Å². The van der Waals surface area contributed by atoms with Crippen LogP contribution in [0.5, 0.6) is 0 Å². The van der Waals surface area contributed by atoms with Crippen LogP contribution in [0.2, 0.25) is 0 Å². The summed E-state index contributed by atoms with van der Waals surface area (Å²) in [5, 5.41) is 11.1. The maximum Gasteiger partial charge on any atom is 0.327 e. The molecular weight excluding hydrogens is 202 g/mol. The molecule has 0 spiro atoms. The smallest absolute Gasteiger partial charge is 0.327 e. The predicted molar refractivity (Wildman–Crippen MR) is 57.4 cm³/mol. The molecule has 0 heterocycles. The minimum Gasteiger partial charge on any atom is -0.480 e. The number of carboxylic acids is 1. The summed E-state index contributed by atoms with van der Waals surface area (Å²) in [7, 11) is 0. The van der Waals surface area contributed by atoms with E-state index < -0.39 is 12.0 Å². The number of hydrogen-bond donors (Lipinski definition) is 2. The highest BCUT2D eigenvalue weighted by Crippen LogP contribution is 2.03. The quantitative estimate of drug-likeness (QED) is 0.512. The summed E-state index contributed by atoms with van der Waals surface area (Å²) in [6, 6.07) is -0.789. The van der Waals surface area contributed by atoms with E-state index in [-0.39, 0.29) is 5.91 Å². The van der Waals surface area contributed by atoms with Crippen LogP contribution in [-0.2, 0) is 9.59 Å². The Kier molecular flexibility index (Phi) is 6.92. The number of thioether (sulfide) groups is 1. The third-order valence-corrected chi connectivity index (χ3v) is 2.41. The third kappa shape index (κ3) is 6.54. The van der Waals surface area contributed by atoms with E-state index in [1.807, 2.05) is 19.1 Å². The monoisotopic (exact) mass is 217 g/mol. The Morgan fingerprint density at radius 3 is 2.64 bits per heavy atom. The van der Waals surface area contributed by atoms with Gasteiger partial charge in [-0.15, -0.1) is 0 Å². The van der Waals surface area contributed by atoms with Gasteiger partial charge in [-0.1, -0.05) is 12.2 Å². The number of rotatable bonds is 6. The number of carbonyl (C=O) groups is 2. The zero-order valence-corrected chi connectivity index (χ0v) is 9.13. The summed E-state index contributed by atoms with van der Waals surface area (Å²) in [5.41, 5.74) is 0. The van der Waals surface area contributed by atoms with E-state index in [9.17, 15) is 9.59 Å². The Labute approximate surface area is 87.8 Å². The van der Waals surface area contributed by atoms with Crippen LogP contribution >= 0.6 is 11.8 Å². The minimum absolute atomic E-state index is 0.316. The van der Waals surface area contributed by atoms with E-state index in [0.29, 0.717) is 5.75 Å². The second kappa shape index (κ2) is 7.44. The fraction of sp³-hybridized carbons (Fsp3) is 0.556. The number of hydrogen-bond acceptors (Lipinski definition) is 3. The van der Waals surface area contributed by atoms with Crippen LogP contribution in [0.25, 0.3) is 0 Å². The summed E-state index contributed by atoms with van der Waals surface area (Å²) in [4.78, 5) is 21.3. The molecule has 0 aliphatic heterocycles. The number of allylic oxidation sites excluding steroid dienone is 1. The normalized spacial score (nSPS) is 12.7. The first-order valence-corrected chi connectivity index (χ1v) is 5.42. The first-order valence-electron chi connectivity index (χ1n) is 4.26. The van der Waals surface area contributed by atoms with Crippen molar-refractivity contribution in [3.63, 3.8) is 0 Å². The van der Waals surface area contributed by atoms with Gasteiger partial charge in [0, 0.05) is 18.4 Å². The molecule has 5 heteroatoms. The summed E-state index contributed by atoms with van der Waals surface area (Å²) in [6.07, 6.45) is 3.85. The molecule has 0 fully saturated rings. The van der Waals surface area contributed by atoms with Gasteiger partial charge in [-0.05, 0) is 6.92 Å². The molecule has 1 atom stereocenters. The summed E-state index contributed by atoms with van der Waals surface area (Å²) < 4.78 is 0. The fourth-order valence-electron chi connectivity index (χ4n) is 0.770. The van der Waals surface area contributed by atoms with Crippen LogP contribution < -0.4 is 5.32 Å². The van der Waals surface area contributed by atoms with Gasteiger partial charge >= 0.3 is 5.97 Å². The van der Waals surface area contributed by atoms with Gasteiger partial charge in [0.15, 0.2) is 0 Å². The van der Waals surface area contributed by atoms with Crippen molar-refractivity contribution in [2.75, 3.05) is 11.5 Å². The van der Waals surface area contributed by atoms with Crippen molar-refractivity contribution in [2.24, 2.45) is 0 Å². The summed E-state index contributed by atoms with van der Waals surface area (Å²) in [5.74, 6) is -0.156. The second-order valence-corrected chi connectivity index (χ2v) is 3.77. The minimum atomic E-state index is -0.992. The van der Waals surface area contributed by atoms with E-state index >= 15 is 0 Å². The Morgan fingerprint density at radius 2 is 2.21 bits per heavy atom. The van der Waals surface area contributed by atoms with Gasteiger partial charge in [-0.25, -0.2) is 4.79 Å². The predicted octanol–water partition coefficient (Wildman–Crippen LogP) is 0.885. The maximum atomic E-state index is 10.7. The molecule has 0 saturated heterocycles. The molecule has 0 rings (SSSR count). The number of nitrogens with one attached hydrogen (secondary N) is 1. The number of amides is 1. The lowest BCUT2D eigenvalue weighted by molar-refractivity contribution is -0.140. The van der Waals surface area contributed by atoms with Gasteiger partial charge in [0.05, 0.1) is 0 Å². The molecule has 0 aliphatic carbocycles. The largest absolute Gasteiger partial charge is 0.480 e. The highest BCUT2D eigenvalue weighted by molar-refractivity contribution is 7.99. The van der Waals surface area contributed by atoms with Crippen LogP contribution in [-0.4, -0.2) is 34.5 Å². The van der Waals surface area contributed by atoms with Crippen molar-refractivity contribution in [1.82, 2.24) is 5.32 Å². The first-order chi connectivity index (χ1) is 6.57. The van der Waals surface area contributed by atoms with Gasteiger partial charge in [-0.3, -0.25) is 4.79 Å². The molecule has 0 bridgehead atoms. The van der Waals surface area contributed by atoms with Crippen LogP contribution in [0, 0.1) is 0 Å². The van der Waals surface area contributed by atoms with Crippen LogP contribution in [0.3, 0.4) is 0 Å². The molecule has 0 radical (unpaired) electrons. The molecule has 1 amide bonds. The van der Waals surface area contributed by atoms with Gasteiger partial charge < -0.3 is 10.4 Å². The van der Waals surface area contributed by atoms with Gasteiger partial charge in [0.25, 0.3) is 0 Å². The molecular formula is C9H15NO3S. The molecule has 2 N–H and O–H groups in total. The van der Waals surface area contributed by atoms with Crippen LogP contribution in [0.1, 0.15) is 13.8 Å². The van der Waals surface area contributed by atoms with Gasteiger partial charge in [-0.2, -0.15) is 11.8 Å². The van der Waals surface area contributed by atoms with E-state index in [1.165, 1.54) is 18.7 Å². The molecule has 80 valence electrons. The fourth-order valence-corrected chi connectivity index (χ4v) is 1.70. The molecule has 4 nitrogen and oxygen atoms in total. The van der Waals surface area contributed by atoms with Crippen LogP contribution in [0.15, 0.2) is 12.2 Å². The topological polar surface area (TPSA) is 66.4 Å². The highest BCUT2D eigenvalue weighted by atomic mass is 32.2. The van der Waals surface area contributed by atoms with E-state index in [0.717, 1.165) is 5.75 Å². The Morgan fingerprint density at radius 1 is 1.57 bits per heavy atom. The molecule has 0 aromatic heterocycles. The average molecular weight is 217 g/mol. The molecule has 0 aromatic rings. The summed E-state index contributed by atoms with van der Waals surface area (Å²) in [6.45, 7) is 3.22. The lowest BCUT2D eigenvalue weighted by Crippen LogP contribution is -2.41. The van der Waals surface area contributed by atoms with Crippen molar-refractivity contribution < 1.29 is 14.7 Å². The first kappa shape index (κ1) is 13.0. The van der Waals surface area contributed by atoms with Crippen molar-refractivity contribution in [2.45, 2.75) is 19.9 Å². The Balaban J connectivity index is 3.85. The van der Waals surface area contributed by atoms with E-state index in [2.05, 4.69) is 5.32 Å². The third-order valence-electron chi connectivity index (χ3n) is 1.41. The zero-order chi connectivity index (χ0) is 11.0. The van der Waals surface area contributed by atoms with Gasteiger partial charge in [0.1, 0.15) is 6.04 Å². The molecule has 0 saturated carbocycles. The van der Waals surface area contributed by atoms with E-state index in [1.54, 1.807) is 0 Å². The van der Waals surface area contributed by atoms with Gasteiger partial charge in [0.2, 0.25) is 5.91 Å². The second-order valence-electron chi connectivity index (χ2n) is 2.70. The lowest BCUT2D eigenvalue weighted by atomic mass is 10.3. The molecule has 1 unspecified atom stereocenters.